The summed E-state index contributed by atoms with van der Waals surface area (Å²) >= 11 is 0. The van der Waals surface area contributed by atoms with Crippen LogP contribution in [0, 0.1) is 0 Å². The van der Waals surface area contributed by atoms with Crippen molar-refractivity contribution >= 4 is 28.6 Å². The fourth-order valence-corrected chi connectivity index (χ4v) is 2.71. The van der Waals surface area contributed by atoms with E-state index in [1.54, 1.807) is 24.3 Å². The van der Waals surface area contributed by atoms with E-state index in [2.05, 4.69) is 6.58 Å². The summed E-state index contributed by atoms with van der Waals surface area (Å²) in [6, 6.07) is 10.7. The summed E-state index contributed by atoms with van der Waals surface area (Å²) in [4.78, 5) is 37.6. The molecule has 0 radical (unpaired) electrons. The number of rotatable bonds is 5. The van der Waals surface area contributed by atoms with E-state index < -0.39 is 5.97 Å². The molecule has 5 nitrogen and oxygen atoms in total. The Balaban J connectivity index is 1.86. The molecule has 1 aliphatic heterocycles. The number of benzene rings is 2. The Morgan fingerprint density at radius 1 is 1.09 bits per heavy atom. The molecular formula is C18H15NO4. The highest BCUT2D eigenvalue weighted by Crippen LogP contribution is 2.29. The molecule has 0 bridgehead atoms. The number of nitrogens with zero attached hydrogens (tertiary/aromatic N) is 1. The smallest absolute Gasteiger partial charge is 0.309 e. The van der Waals surface area contributed by atoms with Gasteiger partial charge in [0, 0.05) is 16.5 Å². The Hall–Kier alpha value is -2.95. The van der Waals surface area contributed by atoms with Crippen LogP contribution in [0.25, 0.3) is 10.8 Å². The average Bonchev–Trinajstić information content (AvgIpc) is 2.56. The lowest BCUT2D eigenvalue weighted by atomic mass is 9.94. The molecule has 116 valence electrons. The van der Waals surface area contributed by atoms with Crippen LogP contribution in [0.5, 0.6) is 0 Å². The molecule has 0 atom stereocenters. The van der Waals surface area contributed by atoms with Crippen molar-refractivity contribution in [2.45, 2.75) is 6.42 Å². The zero-order chi connectivity index (χ0) is 16.4. The number of imide groups is 1. The third kappa shape index (κ3) is 2.61. The Morgan fingerprint density at radius 3 is 2.26 bits per heavy atom. The molecule has 0 unspecified atom stereocenters. The van der Waals surface area contributed by atoms with E-state index in [1.807, 2.05) is 12.1 Å². The first-order valence-electron chi connectivity index (χ1n) is 7.28. The second kappa shape index (κ2) is 6.04. The number of hydrogen-bond donors (Lipinski definition) is 0. The molecule has 2 amide bonds. The van der Waals surface area contributed by atoms with Gasteiger partial charge in [0.2, 0.25) is 0 Å². The van der Waals surface area contributed by atoms with Crippen molar-refractivity contribution in [3.63, 3.8) is 0 Å². The molecule has 1 aliphatic rings. The van der Waals surface area contributed by atoms with Crippen LogP contribution in [0.1, 0.15) is 27.1 Å². The van der Waals surface area contributed by atoms with Gasteiger partial charge in [-0.2, -0.15) is 0 Å². The molecule has 2 aromatic carbocycles. The molecule has 5 heteroatoms. The summed E-state index contributed by atoms with van der Waals surface area (Å²) in [7, 11) is 0. The SMILES string of the molecule is C=CCC(=O)OCCN1C(=O)c2cccc3cccc(c23)C1=O. The number of ether oxygens (including phenoxy) is 1. The van der Waals surface area contributed by atoms with Crippen LogP contribution in [-0.4, -0.2) is 35.8 Å². The van der Waals surface area contributed by atoms with Crippen molar-refractivity contribution in [1.82, 2.24) is 4.90 Å². The van der Waals surface area contributed by atoms with Crippen LogP contribution >= 0.6 is 0 Å². The zero-order valence-corrected chi connectivity index (χ0v) is 12.5. The minimum atomic E-state index is -0.431. The molecule has 0 N–H and O–H groups in total. The summed E-state index contributed by atoms with van der Waals surface area (Å²) in [5.74, 6) is -1.16. The lowest BCUT2D eigenvalue weighted by molar-refractivity contribution is -0.142. The van der Waals surface area contributed by atoms with Gasteiger partial charge in [-0.1, -0.05) is 30.3 Å². The highest BCUT2D eigenvalue weighted by molar-refractivity contribution is 6.25. The molecule has 0 aromatic heterocycles. The van der Waals surface area contributed by atoms with Gasteiger partial charge in [0.15, 0.2) is 0 Å². The van der Waals surface area contributed by atoms with Crippen LogP contribution in [0.4, 0.5) is 0 Å². The van der Waals surface area contributed by atoms with E-state index in [0.717, 1.165) is 10.3 Å². The van der Waals surface area contributed by atoms with E-state index in [4.69, 9.17) is 4.74 Å². The molecule has 23 heavy (non-hydrogen) atoms. The van der Waals surface area contributed by atoms with Gasteiger partial charge in [-0.15, -0.1) is 6.58 Å². The second-order valence-electron chi connectivity index (χ2n) is 5.18. The van der Waals surface area contributed by atoms with Crippen molar-refractivity contribution in [3.8, 4) is 0 Å². The maximum absolute atomic E-state index is 12.6. The predicted molar refractivity (Wildman–Crippen MR) is 85.1 cm³/mol. The Morgan fingerprint density at radius 2 is 1.70 bits per heavy atom. The van der Waals surface area contributed by atoms with Gasteiger partial charge in [-0.25, -0.2) is 0 Å². The monoisotopic (exact) mass is 309 g/mol. The molecule has 0 fully saturated rings. The minimum absolute atomic E-state index is 0.0255. The summed E-state index contributed by atoms with van der Waals surface area (Å²) in [5, 5.41) is 1.55. The van der Waals surface area contributed by atoms with Gasteiger partial charge in [0.1, 0.15) is 6.61 Å². The quantitative estimate of drug-likeness (QED) is 0.484. The second-order valence-corrected chi connectivity index (χ2v) is 5.18. The van der Waals surface area contributed by atoms with Crippen LogP contribution in [-0.2, 0) is 9.53 Å². The highest BCUT2D eigenvalue weighted by Gasteiger charge is 2.32. The lowest BCUT2D eigenvalue weighted by Crippen LogP contribution is -2.42. The average molecular weight is 309 g/mol. The van der Waals surface area contributed by atoms with Crippen LogP contribution in [0.2, 0.25) is 0 Å². The molecule has 0 saturated carbocycles. The fourth-order valence-electron chi connectivity index (χ4n) is 2.71. The standard InChI is InChI=1S/C18H15NO4/c1-2-5-15(20)23-11-10-19-17(21)13-8-3-6-12-7-4-9-14(16(12)13)18(19)22/h2-4,6-9H,1,5,10-11H2. The van der Waals surface area contributed by atoms with E-state index in [0.29, 0.717) is 16.5 Å². The number of esters is 1. The predicted octanol–water partition coefficient (Wildman–Crippen LogP) is 2.56. The zero-order valence-electron chi connectivity index (χ0n) is 12.5. The maximum atomic E-state index is 12.6. The van der Waals surface area contributed by atoms with Crippen molar-refractivity contribution < 1.29 is 19.1 Å². The van der Waals surface area contributed by atoms with Crippen LogP contribution < -0.4 is 0 Å². The Kier molecular flexibility index (Phi) is 3.93. The number of carbonyl (C=O) groups is 3. The van der Waals surface area contributed by atoms with Gasteiger partial charge in [-0.3, -0.25) is 19.3 Å². The largest absolute Gasteiger partial charge is 0.464 e. The van der Waals surface area contributed by atoms with Crippen LogP contribution in [0.3, 0.4) is 0 Å². The van der Waals surface area contributed by atoms with Gasteiger partial charge >= 0.3 is 5.97 Å². The molecule has 3 rings (SSSR count). The van der Waals surface area contributed by atoms with Gasteiger partial charge in [-0.05, 0) is 17.5 Å². The summed E-state index contributed by atoms with van der Waals surface area (Å²) < 4.78 is 4.99. The van der Waals surface area contributed by atoms with Crippen molar-refractivity contribution in [1.29, 1.82) is 0 Å². The topological polar surface area (TPSA) is 63.7 Å². The first-order chi connectivity index (χ1) is 11.1. The first-order valence-corrected chi connectivity index (χ1v) is 7.28. The van der Waals surface area contributed by atoms with Crippen molar-refractivity contribution in [2.24, 2.45) is 0 Å². The van der Waals surface area contributed by atoms with E-state index in [1.165, 1.54) is 6.08 Å². The van der Waals surface area contributed by atoms with Gasteiger partial charge < -0.3 is 4.74 Å². The Bertz CT molecular complexity index is 774. The Labute approximate surface area is 133 Å². The van der Waals surface area contributed by atoms with E-state index >= 15 is 0 Å². The van der Waals surface area contributed by atoms with Crippen molar-refractivity contribution in [2.75, 3.05) is 13.2 Å². The van der Waals surface area contributed by atoms with Crippen molar-refractivity contribution in [3.05, 3.63) is 60.2 Å². The molecular weight excluding hydrogens is 294 g/mol. The molecule has 0 spiro atoms. The first kappa shape index (κ1) is 15.0. The number of amides is 2. The molecule has 0 saturated heterocycles. The number of carbonyl (C=O) groups excluding carboxylic acids is 3. The third-order valence-electron chi connectivity index (χ3n) is 3.74. The van der Waals surface area contributed by atoms with E-state index in [-0.39, 0.29) is 31.4 Å². The van der Waals surface area contributed by atoms with Crippen LogP contribution in [0.15, 0.2) is 49.1 Å². The number of hydrogen-bond acceptors (Lipinski definition) is 4. The lowest BCUT2D eigenvalue weighted by Gasteiger charge is -2.26. The van der Waals surface area contributed by atoms with E-state index in [9.17, 15) is 14.4 Å². The maximum Gasteiger partial charge on any atom is 0.309 e. The third-order valence-corrected chi connectivity index (χ3v) is 3.74. The molecule has 2 aromatic rings. The highest BCUT2D eigenvalue weighted by atomic mass is 16.5. The summed E-state index contributed by atoms with van der Waals surface area (Å²) in [6.07, 6.45) is 1.54. The van der Waals surface area contributed by atoms with Gasteiger partial charge in [0.25, 0.3) is 11.8 Å². The normalized spacial score (nSPS) is 13.3. The minimum Gasteiger partial charge on any atom is -0.464 e. The summed E-state index contributed by atoms with van der Waals surface area (Å²) in [5.41, 5.74) is 0.991. The molecule has 1 heterocycles. The molecule has 0 aliphatic carbocycles. The van der Waals surface area contributed by atoms with Gasteiger partial charge in [0.05, 0.1) is 13.0 Å². The fraction of sp³-hybridized carbons (Fsp3) is 0.167. The summed E-state index contributed by atoms with van der Waals surface area (Å²) in [6.45, 7) is 3.46.